The molecule has 1 fully saturated rings. The molecule has 0 atom stereocenters. The smallest absolute Gasteiger partial charge is 0.130 e. The van der Waals surface area contributed by atoms with Crippen molar-refractivity contribution in [3.8, 4) is 5.75 Å². The predicted octanol–water partition coefficient (Wildman–Crippen LogP) is 2.45. The van der Waals surface area contributed by atoms with Gasteiger partial charge in [0.1, 0.15) is 5.75 Å². The third-order valence-electron chi connectivity index (χ3n) is 3.18. The second-order valence-corrected chi connectivity index (χ2v) is 4.85. The third kappa shape index (κ3) is 1.35. The molecular weight excluding hydrogens is 242 g/mol. The summed E-state index contributed by atoms with van der Waals surface area (Å²) < 4.78 is 0.801. The highest BCUT2D eigenvalue weighted by Crippen LogP contribution is 2.50. The number of hydrogen-bond donors (Lipinski definition) is 2. The lowest BCUT2D eigenvalue weighted by molar-refractivity contribution is 0.470. The van der Waals surface area contributed by atoms with Crippen LogP contribution in [0.2, 0.25) is 0 Å². The lowest BCUT2D eigenvalue weighted by Gasteiger charge is -2.17. The topological polar surface area (TPSA) is 46.2 Å². The van der Waals surface area contributed by atoms with E-state index in [1.54, 1.807) is 6.07 Å². The van der Waals surface area contributed by atoms with Gasteiger partial charge >= 0.3 is 0 Å². The Bertz CT molecular complexity index is 372. The van der Waals surface area contributed by atoms with Gasteiger partial charge in [-0.3, -0.25) is 0 Å². The Kier molecular flexibility index (Phi) is 2.32. The average molecular weight is 256 g/mol. The molecule has 14 heavy (non-hydrogen) atoms. The van der Waals surface area contributed by atoms with Gasteiger partial charge in [0.2, 0.25) is 0 Å². The lowest BCUT2D eigenvalue weighted by atomic mass is 9.92. The van der Waals surface area contributed by atoms with E-state index < -0.39 is 0 Å². The highest BCUT2D eigenvalue weighted by Gasteiger charge is 2.44. The molecule has 76 valence electrons. The highest BCUT2D eigenvalue weighted by molar-refractivity contribution is 9.10. The van der Waals surface area contributed by atoms with Gasteiger partial charge in [-0.05, 0) is 52.9 Å². The van der Waals surface area contributed by atoms with Gasteiger partial charge in [0.15, 0.2) is 0 Å². The van der Waals surface area contributed by atoms with Gasteiger partial charge in [0, 0.05) is 12.0 Å². The van der Waals surface area contributed by atoms with Crippen LogP contribution in [0.3, 0.4) is 0 Å². The molecule has 1 aliphatic rings. The van der Waals surface area contributed by atoms with E-state index in [0.717, 1.165) is 10.0 Å². The van der Waals surface area contributed by atoms with E-state index in [1.165, 1.54) is 18.4 Å². The van der Waals surface area contributed by atoms with Gasteiger partial charge in [-0.25, -0.2) is 0 Å². The summed E-state index contributed by atoms with van der Waals surface area (Å²) in [5.41, 5.74) is 8.38. The van der Waals surface area contributed by atoms with Crippen LogP contribution < -0.4 is 5.73 Å². The zero-order chi connectivity index (χ0) is 10.3. The summed E-state index contributed by atoms with van der Waals surface area (Å²) in [6.07, 6.45) is 2.34. The summed E-state index contributed by atoms with van der Waals surface area (Å²) in [5, 5.41) is 9.51. The van der Waals surface area contributed by atoms with Crippen molar-refractivity contribution < 1.29 is 5.11 Å². The molecule has 1 aliphatic carbocycles. The summed E-state index contributed by atoms with van der Waals surface area (Å²) >= 11 is 3.39. The first-order chi connectivity index (χ1) is 6.60. The molecule has 0 saturated heterocycles. The SMILES string of the molecule is Cc1c(C2(CN)CC2)ccc(O)c1Br. The Labute approximate surface area is 92.3 Å². The number of aromatic hydroxyl groups is 1. The van der Waals surface area contributed by atoms with E-state index in [2.05, 4.69) is 15.9 Å². The molecule has 1 aromatic rings. The van der Waals surface area contributed by atoms with Crippen molar-refractivity contribution in [1.82, 2.24) is 0 Å². The number of nitrogens with two attached hydrogens (primary N) is 1. The molecule has 0 heterocycles. The Morgan fingerprint density at radius 3 is 2.64 bits per heavy atom. The van der Waals surface area contributed by atoms with Gasteiger partial charge < -0.3 is 10.8 Å². The van der Waals surface area contributed by atoms with Crippen molar-refractivity contribution in [3.63, 3.8) is 0 Å². The maximum absolute atomic E-state index is 9.51. The molecule has 1 aromatic carbocycles. The number of phenols is 1. The maximum Gasteiger partial charge on any atom is 0.130 e. The minimum absolute atomic E-state index is 0.195. The molecule has 0 aliphatic heterocycles. The molecule has 0 amide bonds. The number of phenolic OH excluding ortho intramolecular Hbond substituents is 1. The van der Waals surface area contributed by atoms with Crippen molar-refractivity contribution in [1.29, 1.82) is 0 Å². The monoisotopic (exact) mass is 255 g/mol. The van der Waals surface area contributed by atoms with E-state index >= 15 is 0 Å². The minimum Gasteiger partial charge on any atom is -0.507 e. The van der Waals surface area contributed by atoms with Gasteiger partial charge in [0.05, 0.1) is 4.47 Å². The van der Waals surface area contributed by atoms with Crippen LogP contribution >= 0.6 is 15.9 Å². The van der Waals surface area contributed by atoms with E-state index in [0.29, 0.717) is 12.3 Å². The minimum atomic E-state index is 0.195. The molecule has 2 nitrogen and oxygen atoms in total. The van der Waals surface area contributed by atoms with Crippen LogP contribution in [0.4, 0.5) is 0 Å². The normalized spacial score (nSPS) is 18.2. The van der Waals surface area contributed by atoms with Crippen LogP contribution in [0, 0.1) is 6.92 Å². The Hall–Kier alpha value is -0.540. The van der Waals surface area contributed by atoms with Crippen molar-refractivity contribution >= 4 is 15.9 Å². The first-order valence-electron chi connectivity index (χ1n) is 4.79. The van der Waals surface area contributed by atoms with Crippen LogP contribution in [0.5, 0.6) is 5.75 Å². The molecule has 0 unspecified atom stereocenters. The fourth-order valence-corrected chi connectivity index (χ4v) is 2.33. The molecule has 0 aromatic heterocycles. The second kappa shape index (κ2) is 3.24. The average Bonchev–Trinajstić information content (AvgIpc) is 2.95. The summed E-state index contributed by atoms with van der Waals surface area (Å²) in [7, 11) is 0. The summed E-state index contributed by atoms with van der Waals surface area (Å²) in [5.74, 6) is 0.305. The van der Waals surface area contributed by atoms with Crippen molar-refractivity contribution in [2.24, 2.45) is 5.73 Å². The third-order valence-corrected chi connectivity index (χ3v) is 4.18. The summed E-state index contributed by atoms with van der Waals surface area (Å²) in [6.45, 7) is 2.72. The van der Waals surface area contributed by atoms with E-state index in [9.17, 15) is 5.11 Å². The quantitative estimate of drug-likeness (QED) is 0.853. The van der Waals surface area contributed by atoms with Gasteiger partial charge in [-0.15, -0.1) is 0 Å². The maximum atomic E-state index is 9.51. The van der Waals surface area contributed by atoms with Crippen LogP contribution in [0.25, 0.3) is 0 Å². The van der Waals surface area contributed by atoms with Gasteiger partial charge in [-0.1, -0.05) is 6.07 Å². The summed E-state index contributed by atoms with van der Waals surface area (Å²) in [6, 6.07) is 3.73. The van der Waals surface area contributed by atoms with Crippen molar-refractivity contribution in [2.45, 2.75) is 25.2 Å². The molecule has 3 N–H and O–H groups in total. The Balaban J connectivity index is 2.50. The zero-order valence-electron chi connectivity index (χ0n) is 8.18. The van der Waals surface area contributed by atoms with E-state index in [4.69, 9.17) is 5.73 Å². The first kappa shape index (κ1) is 9.99. The summed E-state index contributed by atoms with van der Waals surface area (Å²) in [4.78, 5) is 0. The lowest BCUT2D eigenvalue weighted by Crippen LogP contribution is -2.20. The first-order valence-corrected chi connectivity index (χ1v) is 5.59. The Morgan fingerprint density at radius 1 is 1.50 bits per heavy atom. The molecule has 0 bridgehead atoms. The predicted molar refractivity (Wildman–Crippen MR) is 60.5 cm³/mol. The standard InChI is InChI=1S/C11H14BrNO/c1-7-8(11(6-13)4-5-11)2-3-9(14)10(7)12/h2-3,14H,4-6,13H2,1H3. The van der Waals surface area contributed by atoms with E-state index in [-0.39, 0.29) is 5.41 Å². The molecule has 0 radical (unpaired) electrons. The molecular formula is C11H14BrNO. The second-order valence-electron chi connectivity index (χ2n) is 4.06. The number of hydrogen-bond acceptors (Lipinski definition) is 2. The molecule has 1 saturated carbocycles. The fourth-order valence-electron chi connectivity index (χ4n) is 1.98. The zero-order valence-corrected chi connectivity index (χ0v) is 9.76. The van der Waals surface area contributed by atoms with Crippen molar-refractivity contribution in [2.75, 3.05) is 6.54 Å². The van der Waals surface area contributed by atoms with Gasteiger partial charge in [0.25, 0.3) is 0 Å². The van der Waals surface area contributed by atoms with Crippen LogP contribution in [0.1, 0.15) is 24.0 Å². The number of rotatable bonds is 2. The van der Waals surface area contributed by atoms with Crippen LogP contribution in [0.15, 0.2) is 16.6 Å². The Morgan fingerprint density at radius 2 is 2.14 bits per heavy atom. The fraction of sp³-hybridized carbons (Fsp3) is 0.455. The van der Waals surface area contributed by atoms with Crippen LogP contribution in [-0.2, 0) is 5.41 Å². The largest absolute Gasteiger partial charge is 0.507 e. The number of halogens is 1. The van der Waals surface area contributed by atoms with Gasteiger partial charge in [-0.2, -0.15) is 0 Å². The van der Waals surface area contributed by atoms with Crippen LogP contribution in [-0.4, -0.2) is 11.7 Å². The molecule has 0 spiro atoms. The molecule has 3 heteroatoms. The molecule has 2 rings (SSSR count). The van der Waals surface area contributed by atoms with E-state index in [1.807, 2.05) is 13.0 Å². The highest BCUT2D eigenvalue weighted by atomic mass is 79.9. The number of benzene rings is 1. The van der Waals surface area contributed by atoms with Crippen molar-refractivity contribution in [3.05, 3.63) is 27.7 Å².